The molecule has 1 aromatic rings. The van der Waals surface area contributed by atoms with E-state index in [1.807, 2.05) is 30.3 Å². The molecule has 0 saturated carbocycles. The molecule has 1 rings (SSSR count). The Morgan fingerprint density at radius 3 is 2.50 bits per heavy atom. The zero-order chi connectivity index (χ0) is 9.52. The predicted octanol–water partition coefficient (Wildman–Crippen LogP) is 1.88. The van der Waals surface area contributed by atoms with Gasteiger partial charge < -0.3 is 4.18 Å². The summed E-state index contributed by atoms with van der Waals surface area (Å²) in [6.45, 7) is 2.07. The van der Waals surface area contributed by atoms with Crippen LogP contribution >= 0.6 is 0 Å². The second kappa shape index (κ2) is 8.48. The Bertz CT molecular complexity index is 264. The normalized spacial score (nSPS) is 11.5. The van der Waals surface area contributed by atoms with E-state index in [1.54, 1.807) is 0 Å². The van der Waals surface area contributed by atoms with Crippen molar-refractivity contribution in [3.8, 4) is 5.75 Å². The van der Waals surface area contributed by atoms with Crippen LogP contribution in [-0.4, -0.2) is 39.5 Å². The Kier molecular flexibility index (Phi) is 8.58. The Morgan fingerprint density at radius 1 is 1.29 bits per heavy atom. The van der Waals surface area contributed by atoms with Gasteiger partial charge in [0.1, 0.15) is 5.75 Å². The molecule has 0 aliphatic rings. The molecule has 1 unspecified atom stereocenters. The topological polar surface area (TPSA) is 26.3 Å². The molecular weight excluding hydrogens is 207 g/mol. The molecule has 0 saturated heterocycles. The Balaban J connectivity index is 0.00000169. The van der Waals surface area contributed by atoms with Crippen molar-refractivity contribution < 1.29 is 8.39 Å². The van der Waals surface area contributed by atoms with E-state index in [0.717, 1.165) is 12.8 Å². The third kappa shape index (κ3) is 5.81. The Labute approximate surface area is 110 Å². The molecule has 0 aromatic heterocycles. The second-order valence-electron chi connectivity index (χ2n) is 2.76. The van der Waals surface area contributed by atoms with Crippen LogP contribution in [0.5, 0.6) is 5.75 Å². The van der Waals surface area contributed by atoms with E-state index in [1.165, 1.54) is 0 Å². The summed E-state index contributed by atoms with van der Waals surface area (Å²) in [4.78, 5) is 0. The summed E-state index contributed by atoms with van der Waals surface area (Å²) in [5, 5.41) is 0. The summed E-state index contributed by atoms with van der Waals surface area (Å²) in [5.41, 5.74) is 0. The van der Waals surface area contributed by atoms with E-state index in [-0.39, 0.29) is 29.6 Å². The number of unbranched alkanes of at least 4 members (excludes halogenated alkanes) is 1. The maximum atomic E-state index is 11.3. The van der Waals surface area contributed by atoms with E-state index in [0.29, 0.717) is 11.5 Å². The molecule has 0 bridgehead atoms. The summed E-state index contributed by atoms with van der Waals surface area (Å²) in [7, 11) is 0. The number of para-hydroxylation sites is 1. The molecule has 1 aromatic carbocycles. The predicted molar refractivity (Wildman–Crippen MR) is 62.1 cm³/mol. The van der Waals surface area contributed by atoms with Gasteiger partial charge in [0, 0.05) is 0 Å². The summed E-state index contributed by atoms with van der Waals surface area (Å²) in [6, 6.07) is 9.26. The third-order valence-electron chi connectivity index (χ3n) is 1.60. The molecule has 0 amide bonds. The number of hydrogen-bond donors (Lipinski definition) is 0. The fraction of sp³-hybridized carbons (Fsp3) is 0.400. The fourth-order valence-corrected chi connectivity index (χ4v) is 1.82. The average Bonchev–Trinajstić information content (AvgIpc) is 2.16. The first kappa shape index (κ1) is 14.2. The Morgan fingerprint density at radius 2 is 1.93 bits per heavy atom. The molecule has 74 valence electrons. The fourth-order valence-electron chi connectivity index (χ4n) is 0.887. The van der Waals surface area contributed by atoms with Gasteiger partial charge in [-0.15, -0.1) is 0 Å². The summed E-state index contributed by atoms with van der Waals surface area (Å²) in [5.74, 6) is 1.29. The van der Waals surface area contributed by atoms with Crippen LogP contribution in [-0.2, 0) is 11.1 Å². The van der Waals surface area contributed by atoms with E-state index >= 15 is 0 Å². The van der Waals surface area contributed by atoms with Gasteiger partial charge in [0.2, 0.25) is 11.1 Å². The number of hydrogen-bond acceptors (Lipinski definition) is 2. The molecule has 0 heterocycles. The first-order valence-corrected chi connectivity index (χ1v) is 5.69. The van der Waals surface area contributed by atoms with Gasteiger partial charge in [-0.1, -0.05) is 31.5 Å². The van der Waals surface area contributed by atoms with Gasteiger partial charge in [0.25, 0.3) is 0 Å². The second-order valence-corrected chi connectivity index (χ2v) is 3.94. The van der Waals surface area contributed by atoms with Crippen molar-refractivity contribution in [3.05, 3.63) is 30.3 Å². The number of rotatable bonds is 5. The molecule has 14 heavy (non-hydrogen) atoms. The van der Waals surface area contributed by atoms with Crippen LogP contribution in [0.3, 0.4) is 0 Å². The SMILES string of the molecule is CCCCS(=O)Oc1ccccc1.[NaH]. The van der Waals surface area contributed by atoms with Gasteiger partial charge in [-0.25, -0.2) is 4.21 Å². The third-order valence-corrected chi connectivity index (χ3v) is 2.60. The van der Waals surface area contributed by atoms with Gasteiger partial charge in [-0.3, -0.25) is 0 Å². The molecule has 2 nitrogen and oxygen atoms in total. The molecule has 0 radical (unpaired) electrons. The zero-order valence-electron chi connectivity index (χ0n) is 7.73. The van der Waals surface area contributed by atoms with Crippen molar-refractivity contribution in [1.29, 1.82) is 0 Å². The standard InChI is InChI=1S/C10H14O2S.Na.H/c1-2-3-9-13(11)12-10-7-5-4-6-8-10;;/h4-8H,2-3,9H2,1H3;;. The molecule has 0 aliphatic heterocycles. The minimum atomic E-state index is -1.17. The van der Waals surface area contributed by atoms with Crippen molar-refractivity contribution >= 4 is 40.6 Å². The first-order chi connectivity index (χ1) is 6.33. The van der Waals surface area contributed by atoms with Crippen LogP contribution in [0.4, 0.5) is 0 Å². The van der Waals surface area contributed by atoms with Gasteiger partial charge in [-0.2, -0.15) is 0 Å². The van der Waals surface area contributed by atoms with E-state index in [9.17, 15) is 4.21 Å². The van der Waals surface area contributed by atoms with Crippen LogP contribution in [0.15, 0.2) is 30.3 Å². The maximum absolute atomic E-state index is 11.3. The zero-order valence-corrected chi connectivity index (χ0v) is 8.55. The average molecular weight is 222 g/mol. The van der Waals surface area contributed by atoms with Crippen molar-refractivity contribution in [1.82, 2.24) is 0 Å². The molecule has 4 heteroatoms. The van der Waals surface area contributed by atoms with Crippen LogP contribution in [0.2, 0.25) is 0 Å². The molecular formula is C10H15NaO2S. The van der Waals surface area contributed by atoms with Crippen molar-refractivity contribution in [3.63, 3.8) is 0 Å². The van der Waals surface area contributed by atoms with Crippen molar-refractivity contribution in [2.75, 3.05) is 5.75 Å². The van der Waals surface area contributed by atoms with Crippen LogP contribution < -0.4 is 4.18 Å². The minimum absolute atomic E-state index is 0. The summed E-state index contributed by atoms with van der Waals surface area (Å²) < 4.78 is 16.4. The van der Waals surface area contributed by atoms with Crippen LogP contribution in [0, 0.1) is 0 Å². The molecule has 0 aliphatic carbocycles. The monoisotopic (exact) mass is 222 g/mol. The van der Waals surface area contributed by atoms with E-state index in [4.69, 9.17) is 4.18 Å². The van der Waals surface area contributed by atoms with Crippen molar-refractivity contribution in [2.45, 2.75) is 19.8 Å². The van der Waals surface area contributed by atoms with Gasteiger partial charge in [0.05, 0.1) is 5.75 Å². The van der Waals surface area contributed by atoms with Gasteiger partial charge >= 0.3 is 29.6 Å². The molecule has 0 fully saturated rings. The number of benzene rings is 1. The van der Waals surface area contributed by atoms with Crippen molar-refractivity contribution in [2.24, 2.45) is 0 Å². The van der Waals surface area contributed by atoms with Gasteiger partial charge in [0.15, 0.2) is 0 Å². The quantitative estimate of drug-likeness (QED) is 0.711. The molecule has 1 atom stereocenters. The van der Waals surface area contributed by atoms with E-state index in [2.05, 4.69) is 6.92 Å². The van der Waals surface area contributed by atoms with Crippen LogP contribution in [0.1, 0.15) is 19.8 Å². The Hall–Kier alpha value is 0.170. The van der Waals surface area contributed by atoms with Gasteiger partial charge in [-0.05, 0) is 18.6 Å². The summed E-state index contributed by atoms with van der Waals surface area (Å²) >= 11 is -1.17. The molecule has 0 N–H and O–H groups in total. The molecule has 0 spiro atoms. The first-order valence-electron chi connectivity index (χ1n) is 4.44. The summed E-state index contributed by atoms with van der Waals surface area (Å²) in [6.07, 6.45) is 1.99. The van der Waals surface area contributed by atoms with Crippen LogP contribution in [0.25, 0.3) is 0 Å². The van der Waals surface area contributed by atoms with E-state index < -0.39 is 11.1 Å².